The van der Waals surface area contributed by atoms with Crippen LogP contribution in [0.15, 0.2) is 78.9 Å². The van der Waals surface area contributed by atoms with E-state index in [9.17, 15) is 18.4 Å². The van der Waals surface area contributed by atoms with E-state index in [1.807, 2.05) is 36.4 Å². The Labute approximate surface area is 177 Å². The van der Waals surface area contributed by atoms with Crippen molar-refractivity contribution in [2.24, 2.45) is 5.92 Å². The molecule has 0 bridgehead atoms. The number of fused-ring (bicyclic) bond motifs is 1. The Morgan fingerprint density at radius 3 is 2.16 bits per heavy atom. The lowest BCUT2D eigenvalue weighted by Gasteiger charge is -2.28. The van der Waals surface area contributed by atoms with Gasteiger partial charge in [-0.25, -0.2) is 13.8 Å². The van der Waals surface area contributed by atoms with E-state index in [1.165, 1.54) is 16.0 Å². The molecule has 3 aromatic rings. The first-order valence-electron chi connectivity index (χ1n) is 9.90. The molecule has 0 spiro atoms. The maximum absolute atomic E-state index is 14.0. The number of likely N-dealkylation sites (tertiary alicyclic amines) is 1. The number of carbonyl (C=O) groups is 2. The highest BCUT2D eigenvalue weighted by molar-refractivity contribution is 6.07. The summed E-state index contributed by atoms with van der Waals surface area (Å²) in [4.78, 5) is 33.6. The number of hydrogen-bond donors (Lipinski definition) is 0. The van der Waals surface area contributed by atoms with E-state index in [0.717, 1.165) is 17.7 Å². The van der Waals surface area contributed by atoms with Crippen LogP contribution in [0.1, 0.15) is 17.2 Å². The predicted molar refractivity (Wildman–Crippen MR) is 108 cm³/mol. The molecule has 3 atom stereocenters. The molecule has 31 heavy (non-hydrogen) atoms. The van der Waals surface area contributed by atoms with Crippen molar-refractivity contribution in [2.75, 3.05) is 5.06 Å². The van der Waals surface area contributed by atoms with Gasteiger partial charge in [0.2, 0.25) is 5.91 Å². The minimum Gasteiger partial charge on any atom is -0.275 e. The van der Waals surface area contributed by atoms with Crippen LogP contribution in [0.25, 0.3) is 0 Å². The van der Waals surface area contributed by atoms with Crippen molar-refractivity contribution in [3.05, 3.63) is 102 Å². The molecule has 2 saturated heterocycles. The fourth-order valence-corrected chi connectivity index (χ4v) is 4.23. The quantitative estimate of drug-likeness (QED) is 0.599. The van der Waals surface area contributed by atoms with Crippen LogP contribution < -0.4 is 5.06 Å². The fraction of sp³-hybridized carbons (Fsp3) is 0.167. The first-order chi connectivity index (χ1) is 15.0. The van der Waals surface area contributed by atoms with E-state index in [0.29, 0.717) is 11.3 Å². The van der Waals surface area contributed by atoms with E-state index in [4.69, 9.17) is 4.84 Å². The Morgan fingerprint density at radius 1 is 0.806 bits per heavy atom. The van der Waals surface area contributed by atoms with E-state index in [-0.39, 0.29) is 6.54 Å². The summed E-state index contributed by atoms with van der Waals surface area (Å²) in [7, 11) is 0. The third-order valence-corrected chi connectivity index (χ3v) is 5.69. The van der Waals surface area contributed by atoms with Gasteiger partial charge < -0.3 is 0 Å². The zero-order valence-corrected chi connectivity index (χ0v) is 16.3. The second-order valence-corrected chi connectivity index (χ2v) is 7.58. The number of carbonyl (C=O) groups excluding carboxylic acids is 2. The van der Waals surface area contributed by atoms with Gasteiger partial charge in [0.15, 0.2) is 17.7 Å². The molecule has 2 heterocycles. The molecule has 2 aliphatic rings. The van der Waals surface area contributed by atoms with Crippen LogP contribution in [0, 0.1) is 17.6 Å². The van der Waals surface area contributed by atoms with Crippen LogP contribution in [0.3, 0.4) is 0 Å². The normalized spacial score (nSPS) is 22.8. The van der Waals surface area contributed by atoms with Crippen molar-refractivity contribution in [2.45, 2.75) is 18.7 Å². The minimum absolute atomic E-state index is 0.130. The van der Waals surface area contributed by atoms with Gasteiger partial charge in [0, 0.05) is 0 Å². The highest BCUT2D eigenvalue weighted by atomic mass is 19.2. The molecule has 5 rings (SSSR count). The maximum Gasteiger partial charge on any atom is 0.262 e. The lowest BCUT2D eigenvalue weighted by atomic mass is 9.90. The van der Waals surface area contributed by atoms with E-state index in [2.05, 4.69) is 0 Å². The minimum atomic E-state index is -1.03. The third-order valence-electron chi connectivity index (χ3n) is 5.69. The second-order valence-electron chi connectivity index (χ2n) is 7.58. The van der Waals surface area contributed by atoms with Crippen LogP contribution in [0.4, 0.5) is 14.5 Å². The number of hydroxylamine groups is 1. The predicted octanol–water partition coefficient (Wildman–Crippen LogP) is 4.01. The monoisotopic (exact) mass is 420 g/mol. The molecule has 2 amide bonds. The zero-order chi connectivity index (χ0) is 21.5. The molecule has 2 aliphatic heterocycles. The van der Waals surface area contributed by atoms with Gasteiger partial charge in [0.05, 0.1) is 18.3 Å². The molecule has 0 N–H and O–H groups in total. The molecule has 0 aliphatic carbocycles. The summed E-state index contributed by atoms with van der Waals surface area (Å²) >= 11 is 0. The Hall–Kier alpha value is -3.58. The number of rotatable bonds is 4. The molecular weight excluding hydrogens is 402 g/mol. The third kappa shape index (κ3) is 3.27. The average Bonchev–Trinajstić information content (AvgIpc) is 3.29. The summed E-state index contributed by atoms with van der Waals surface area (Å²) in [5.41, 5.74) is 1.79. The summed E-state index contributed by atoms with van der Waals surface area (Å²) in [6.45, 7) is 0.130. The summed E-state index contributed by atoms with van der Waals surface area (Å²) in [6, 6.07) is 20.8. The number of nitrogens with zero attached hydrogens (tertiary/aromatic N) is 2. The molecule has 7 heteroatoms. The van der Waals surface area contributed by atoms with Gasteiger partial charge >= 0.3 is 0 Å². The molecule has 0 radical (unpaired) electrons. The molecular formula is C24H18F2N2O3. The fourth-order valence-electron chi connectivity index (χ4n) is 4.23. The number of amides is 2. The molecule has 0 saturated carbocycles. The Morgan fingerprint density at radius 2 is 1.48 bits per heavy atom. The zero-order valence-electron chi connectivity index (χ0n) is 16.3. The van der Waals surface area contributed by atoms with Crippen molar-refractivity contribution < 1.29 is 23.2 Å². The van der Waals surface area contributed by atoms with E-state index >= 15 is 0 Å². The number of halogens is 2. The smallest absolute Gasteiger partial charge is 0.262 e. The summed E-state index contributed by atoms with van der Waals surface area (Å²) < 4.78 is 27.6. The maximum atomic E-state index is 14.0. The average molecular weight is 420 g/mol. The number of hydrogen-bond acceptors (Lipinski definition) is 4. The van der Waals surface area contributed by atoms with Gasteiger partial charge in [-0.2, -0.15) is 0 Å². The number of para-hydroxylation sites is 1. The summed E-state index contributed by atoms with van der Waals surface area (Å²) in [5, 5.41) is 1.46. The van der Waals surface area contributed by atoms with Crippen LogP contribution in [-0.4, -0.2) is 22.8 Å². The van der Waals surface area contributed by atoms with Crippen molar-refractivity contribution in [3.63, 3.8) is 0 Å². The van der Waals surface area contributed by atoms with Crippen molar-refractivity contribution in [1.29, 1.82) is 0 Å². The SMILES string of the molecule is O=C1[C@@H]2[C@H](ON(c3ccccc3)[C@H]2c2ccc(F)c(F)c2)C(=O)N1Cc1ccccc1. The van der Waals surface area contributed by atoms with Crippen LogP contribution >= 0.6 is 0 Å². The van der Waals surface area contributed by atoms with Gasteiger partial charge in [0.1, 0.15) is 5.92 Å². The lowest BCUT2D eigenvalue weighted by Crippen LogP contribution is -2.37. The largest absolute Gasteiger partial charge is 0.275 e. The van der Waals surface area contributed by atoms with Gasteiger partial charge in [-0.15, -0.1) is 0 Å². The van der Waals surface area contributed by atoms with Crippen LogP contribution in [0.2, 0.25) is 0 Å². The molecule has 2 fully saturated rings. The van der Waals surface area contributed by atoms with Gasteiger partial charge in [0.25, 0.3) is 5.91 Å². The molecule has 5 nitrogen and oxygen atoms in total. The molecule has 156 valence electrons. The first kappa shape index (κ1) is 19.4. The lowest BCUT2D eigenvalue weighted by molar-refractivity contribution is -0.143. The summed E-state index contributed by atoms with van der Waals surface area (Å²) in [6.07, 6.45) is -1.03. The highest BCUT2D eigenvalue weighted by Gasteiger charge is 2.59. The Bertz CT molecular complexity index is 1140. The van der Waals surface area contributed by atoms with Crippen LogP contribution in [-0.2, 0) is 21.0 Å². The topological polar surface area (TPSA) is 49.9 Å². The van der Waals surface area contributed by atoms with Gasteiger partial charge in [-0.1, -0.05) is 54.6 Å². The van der Waals surface area contributed by atoms with Gasteiger partial charge in [-0.3, -0.25) is 19.3 Å². The highest BCUT2D eigenvalue weighted by Crippen LogP contribution is 2.47. The summed E-state index contributed by atoms with van der Waals surface area (Å²) in [5.74, 6) is -3.71. The standard InChI is InChI=1S/C24H18F2N2O3/c25-18-12-11-16(13-19(18)26)21-20-22(31-28(21)17-9-5-2-6-10-17)24(30)27(23(20)29)14-15-7-3-1-4-8-15/h1-13,20-22H,14H2/t20-,21-,22-/m0/s1. The van der Waals surface area contributed by atoms with Crippen molar-refractivity contribution in [3.8, 4) is 0 Å². The first-order valence-corrected chi connectivity index (χ1v) is 9.90. The molecule has 0 unspecified atom stereocenters. The Balaban J connectivity index is 1.54. The molecule has 0 aromatic heterocycles. The molecule has 3 aromatic carbocycles. The number of imide groups is 1. The van der Waals surface area contributed by atoms with E-state index in [1.54, 1.807) is 24.3 Å². The van der Waals surface area contributed by atoms with E-state index < -0.39 is 41.5 Å². The second kappa shape index (κ2) is 7.59. The Kier molecular flexibility index (Phi) is 4.75. The number of anilines is 1. The van der Waals surface area contributed by atoms with Gasteiger partial charge in [-0.05, 0) is 35.4 Å². The van der Waals surface area contributed by atoms with Crippen molar-refractivity contribution >= 4 is 17.5 Å². The van der Waals surface area contributed by atoms with Crippen molar-refractivity contribution in [1.82, 2.24) is 4.90 Å². The van der Waals surface area contributed by atoms with Crippen LogP contribution in [0.5, 0.6) is 0 Å². The number of benzene rings is 3.